The zero-order valence-electron chi connectivity index (χ0n) is 65.9. The number of hydrogen-bond acceptors (Lipinski definition) is 14. The molecule has 0 unspecified atom stereocenters. The van der Waals surface area contributed by atoms with E-state index in [-0.39, 0.29) is 0 Å². The lowest BCUT2D eigenvalue weighted by Gasteiger charge is -2.28. The Morgan fingerprint density at radius 1 is 0.463 bits per heavy atom. The van der Waals surface area contributed by atoms with E-state index in [9.17, 15) is 19.5 Å². The molecule has 0 saturated carbocycles. The normalized spacial score (nSPS) is 12.7. The van der Waals surface area contributed by atoms with Crippen LogP contribution in [0.4, 0.5) is 0 Å². The summed E-state index contributed by atoms with van der Waals surface area (Å²) in [5, 5.41) is 29.0. The number of ether oxygens (including phenoxy) is 5. The molecule has 108 heavy (non-hydrogen) atoms. The Bertz CT molecular complexity index is 5260. The fraction of sp³-hybridized carbons (Fsp3) is 0.386. The number of carbonyl (C=O) groups excluding carboxylic acids is 2. The van der Waals surface area contributed by atoms with Crippen LogP contribution in [-0.2, 0) is 77.6 Å². The molecule has 0 aliphatic rings. The first kappa shape index (κ1) is 83.0. The van der Waals surface area contributed by atoms with Crippen molar-refractivity contribution in [2.45, 2.75) is 178 Å². The Balaban J connectivity index is 0.000000178. The summed E-state index contributed by atoms with van der Waals surface area (Å²) in [6.07, 6.45) is 2.74. The Labute approximate surface area is 655 Å². The summed E-state index contributed by atoms with van der Waals surface area (Å²) in [5.41, 5.74) is 19.2. The SMILES string of the molecule is COC(=O)[C@@H](OC(C)(C)C)c1c(C)nc2[nH]c(C)c(C)c2c1-c1ccc(Cl)cc1.COC(=O)[C@@H](OC(C)(C)C)c1c(C)nc2c(c(C)c(C)n2Cc2ccn(C)n2)c1-c1ccc(Cl)cc1.Cc1nc2c(c(C)c(C)n2Cc2ccn(C)n2)c(-c2ccc(Cl)cc2)c1[C@H](OC(C)(C)C)C(=O)O.Cn1ccc(CBr)n1. The molecule has 12 aromatic rings. The van der Waals surface area contributed by atoms with Gasteiger partial charge >= 0.3 is 17.9 Å². The molecule has 3 aromatic carbocycles. The quantitative estimate of drug-likeness (QED) is 0.0637. The minimum atomic E-state index is -1.18. The van der Waals surface area contributed by atoms with Crippen molar-refractivity contribution in [1.29, 1.82) is 0 Å². The Hall–Kier alpha value is -9.00. The van der Waals surface area contributed by atoms with Crippen LogP contribution < -0.4 is 0 Å². The van der Waals surface area contributed by atoms with Gasteiger partial charge in [0.2, 0.25) is 0 Å². The number of aromatic nitrogens is 12. The molecule has 12 rings (SSSR count). The van der Waals surface area contributed by atoms with Crippen molar-refractivity contribution in [3.05, 3.63) is 209 Å². The number of aromatic amines is 1. The molecular formula is C83H98BrCl3N12O9. The lowest BCUT2D eigenvalue weighted by Crippen LogP contribution is -2.29. The number of carboxylic acids is 1. The number of fused-ring (bicyclic) bond motifs is 3. The number of rotatable bonds is 17. The number of carboxylic acid groups (broad SMARTS) is 1. The summed E-state index contributed by atoms with van der Waals surface area (Å²) in [6.45, 7) is 36.2. The number of nitrogens with zero attached hydrogens (tertiary/aromatic N) is 11. The molecule has 0 amide bonds. The molecule has 9 heterocycles. The van der Waals surface area contributed by atoms with Gasteiger partial charge in [-0.15, -0.1) is 0 Å². The average Bonchev–Trinajstić information content (AvgIpc) is 1.55. The summed E-state index contributed by atoms with van der Waals surface area (Å²) in [6, 6.07) is 28.7. The van der Waals surface area contributed by atoms with E-state index in [2.05, 4.69) is 66.1 Å². The molecule has 21 nitrogen and oxygen atoms in total. The van der Waals surface area contributed by atoms with Gasteiger partial charge in [-0.2, -0.15) is 15.3 Å². The number of aryl methyl sites for hydroxylation is 10. The first-order valence-electron chi connectivity index (χ1n) is 35.3. The lowest BCUT2D eigenvalue weighted by molar-refractivity contribution is -0.164. The Morgan fingerprint density at radius 3 is 1.07 bits per heavy atom. The summed E-state index contributed by atoms with van der Waals surface area (Å²) in [4.78, 5) is 56.5. The molecular weight excluding hydrogens is 1500 g/mol. The third kappa shape index (κ3) is 19.0. The maximum Gasteiger partial charge on any atom is 0.339 e. The van der Waals surface area contributed by atoms with Crippen LogP contribution in [0.5, 0.6) is 0 Å². The van der Waals surface area contributed by atoms with E-state index in [0.717, 1.165) is 123 Å². The van der Waals surface area contributed by atoms with Crippen LogP contribution in [0.3, 0.4) is 0 Å². The molecule has 572 valence electrons. The molecule has 0 aliphatic heterocycles. The van der Waals surface area contributed by atoms with Gasteiger partial charge in [-0.05, 0) is 213 Å². The second-order valence-electron chi connectivity index (χ2n) is 29.9. The van der Waals surface area contributed by atoms with Gasteiger partial charge in [-0.1, -0.05) is 87.1 Å². The Morgan fingerprint density at radius 2 is 0.778 bits per heavy atom. The Kier molecular flexibility index (Phi) is 26.0. The molecule has 3 atom stereocenters. The third-order valence-corrected chi connectivity index (χ3v) is 19.7. The van der Waals surface area contributed by atoms with E-state index in [1.807, 2.05) is 235 Å². The van der Waals surface area contributed by atoms with Crippen LogP contribution in [0.2, 0.25) is 15.1 Å². The van der Waals surface area contributed by atoms with Crippen molar-refractivity contribution in [3.8, 4) is 33.4 Å². The van der Waals surface area contributed by atoms with Crippen LogP contribution in [0, 0.1) is 62.3 Å². The van der Waals surface area contributed by atoms with E-state index in [0.29, 0.717) is 61.9 Å². The van der Waals surface area contributed by atoms with Crippen molar-refractivity contribution in [2.75, 3.05) is 14.2 Å². The van der Waals surface area contributed by atoms with Crippen molar-refractivity contribution >= 4 is 102 Å². The van der Waals surface area contributed by atoms with Gasteiger partial charge < -0.3 is 42.9 Å². The number of carbonyl (C=O) groups is 3. The smallest absolute Gasteiger partial charge is 0.339 e. The van der Waals surface area contributed by atoms with Crippen molar-refractivity contribution < 1.29 is 43.2 Å². The first-order chi connectivity index (χ1) is 50.6. The lowest BCUT2D eigenvalue weighted by atomic mass is 9.91. The topological polar surface area (TPSA) is 235 Å². The number of H-pyrrole nitrogens is 1. The van der Waals surface area contributed by atoms with Crippen LogP contribution >= 0.6 is 50.7 Å². The zero-order chi connectivity index (χ0) is 79.5. The summed E-state index contributed by atoms with van der Waals surface area (Å²) in [5.74, 6) is -1.97. The minimum Gasteiger partial charge on any atom is -0.479 e. The zero-order valence-corrected chi connectivity index (χ0v) is 69.7. The molecule has 25 heteroatoms. The van der Waals surface area contributed by atoms with Gasteiger partial charge in [0.1, 0.15) is 16.9 Å². The van der Waals surface area contributed by atoms with E-state index >= 15 is 0 Å². The molecule has 0 bridgehead atoms. The average molecular weight is 1590 g/mol. The second kappa shape index (κ2) is 33.9. The van der Waals surface area contributed by atoms with E-state index < -0.39 is 53.0 Å². The minimum absolute atomic E-state index is 0.454. The van der Waals surface area contributed by atoms with Crippen LogP contribution in [0.15, 0.2) is 110 Å². The highest BCUT2D eigenvalue weighted by Crippen LogP contribution is 2.46. The summed E-state index contributed by atoms with van der Waals surface area (Å²) >= 11 is 21.9. The number of alkyl halides is 1. The number of nitrogens with one attached hydrogen (secondary N) is 1. The van der Waals surface area contributed by atoms with Crippen LogP contribution in [0.1, 0.15) is 165 Å². The van der Waals surface area contributed by atoms with Gasteiger partial charge in [-0.25, -0.2) is 29.3 Å². The summed E-state index contributed by atoms with van der Waals surface area (Å²) < 4.78 is 38.6. The number of methoxy groups -OCH3 is 2. The number of aliphatic carboxylic acids is 1. The van der Waals surface area contributed by atoms with Gasteiger partial charge in [0, 0.05) is 144 Å². The largest absolute Gasteiger partial charge is 0.479 e. The van der Waals surface area contributed by atoms with E-state index in [1.54, 1.807) is 14.0 Å². The predicted molar refractivity (Wildman–Crippen MR) is 432 cm³/mol. The van der Waals surface area contributed by atoms with E-state index in [1.165, 1.54) is 14.2 Å². The molecule has 0 saturated heterocycles. The fourth-order valence-electron chi connectivity index (χ4n) is 13.2. The summed E-state index contributed by atoms with van der Waals surface area (Å²) in [7, 11) is 8.46. The molecule has 0 aliphatic carbocycles. The first-order valence-corrected chi connectivity index (χ1v) is 37.6. The molecule has 2 N–H and O–H groups in total. The van der Waals surface area contributed by atoms with E-state index in [4.69, 9.17) is 73.4 Å². The highest BCUT2D eigenvalue weighted by Gasteiger charge is 2.38. The maximum absolute atomic E-state index is 13.1. The van der Waals surface area contributed by atoms with Crippen LogP contribution in [-0.4, -0.2) is 112 Å². The number of benzene rings is 3. The van der Waals surface area contributed by atoms with Gasteiger partial charge in [0.25, 0.3) is 0 Å². The third-order valence-electron chi connectivity index (χ3n) is 18.4. The highest BCUT2D eigenvalue weighted by molar-refractivity contribution is 9.08. The second-order valence-corrected chi connectivity index (χ2v) is 31.7. The number of pyridine rings is 3. The molecule has 9 aromatic heterocycles. The molecule has 0 fully saturated rings. The highest BCUT2D eigenvalue weighted by atomic mass is 79.9. The number of esters is 2. The van der Waals surface area contributed by atoms with Gasteiger partial charge in [0.15, 0.2) is 18.3 Å². The number of halogens is 4. The maximum atomic E-state index is 13.1. The number of hydrogen-bond donors (Lipinski definition) is 2. The van der Waals surface area contributed by atoms with Crippen molar-refractivity contribution in [3.63, 3.8) is 0 Å². The van der Waals surface area contributed by atoms with Gasteiger partial charge in [0.05, 0.1) is 61.2 Å². The van der Waals surface area contributed by atoms with Crippen molar-refractivity contribution in [2.24, 2.45) is 21.1 Å². The van der Waals surface area contributed by atoms with Crippen LogP contribution in [0.25, 0.3) is 66.5 Å². The molecule has 0 radical (unpaired) electrons. The monoisotopic (exact) mass is 1590 g/mol. The fourth-order valence-corrected chi connectivity index (χ4v) is 13.9. The standard InChI is InChI=1S/C28H33ClN4O3.C27H31ClN4O3.C23H27ClN2O3.C5H7BrN2/c1-16-18(3)33(15-21-13-14-32(7)31-21)26-22(16)24(19-9-11-20(29)12-10-19)23(17(2)30-26)25(27(34)35-8)36-28(4,5)6;1-15-17(3)32(14-20-12-13-31(7)30-20)25-21(15)23(18-8-10-19(28)11-9-18)22(16(2)29-25)24(26(33)34)35-27(4,5)6;1-12-13(2)25-21-17(12)19(15-8-10-16(24)11-9-15)18(14(3)26-21)20(22(27)28-7)29-23(4,5)6;1-8-3-2-5(4-6)7-8/h9-14,25H,15H2,1-8H3;8-13,24H,14H2,1-7H3,(H,33,34);8-11,20H,1-7H3,(H,25,26);2-3H,4H2,1H3/t25-;24-;20-;/m000./s1. The van der Waals surface area contributed by atoms with Crippen molar-refractivity contribution in [1.82, 2.24) is 58.4 Å². The predicted octanol–water partition coefficient (Wildman–Crippen LogP) is 19.3. The molecule has 0 spiro atoms. The van der Waals surface area contributed by atoms with Gasteiger partial charge in [-0.3, -0.25) is 14.0 Å².